The van der Waals surface area contributed by atoms with Gasteiger partial charge in [0.15, 0.2) is 0 Å². The minimum atomic E-state index is -3.30. The highest BCUT2D eigenvalue weighted by Gasteiger charge is 2.59. The van der Waals surface area contributed by atoms with Crippen LogP contribution in [0.3, 0.4) is 0 Å². The second-order valence-corrected chi connectivity index (χ2v) is 7.55. The van der Waals surface area contributed by atoms with Gasteiger partial charge in [0.2, 0.25) is 5.78 Å². The van der Waals surface area contributed by atoms with Gasteiger partial charge in [-0.2, -0.15) is 0 Å². The number of benzene rings is 2. The maximum atomic E-state index is 12.9. The normalized spacial score (nSPS) is 22.2. The average molecular weight is 440 g/mol. The van der Waals surface area contributed by atoms with Gasteiger partial charge in [0.1, 0.15) is 6.54 Å². The number of amides is 3. The van der Waals surface area contributed by atoms with Gasteiger partial charge in [0.05, 0.1) is 5.69 Å². The van der Waals surface area contributed by atoms with Crippen molar-refractivity contribution in [2.45, 2.75) is 30.8 Å². The number of ketones is 1. The van der Waals surface area contributed by atoms with Gasteiger partial charge in [-0.1, -0.05) is 30.3 Å². The summed E-state index contributed by atoms with van der Waals surface area (Å²) in [4.78, 5) is 51.7. The highest BCUT2D eigenvalue weighted by Crippen LogP contribution is 2.37. The zero-order valence-corrected chi connectivity index (χ0v) is 16.8. The molecular weight excluding hydrogens is 420 g/mol. The Morgan fingerprint density at radius 2 is 1.59 bits per heavy atom. The number of imide groups is 1. The molecule has 2 aromatic rings. The molecule has 166 valence electrons. The number of cyclic esters (lactones) is 1. The summed E-state index contributed by atoms with van der Waals surface area (Å²) >= 11 is 0. The van der Waals surface area contributed by atoms with E-state index in [9.17, 15) is 34.5 Å². The van der Waals surface area contributed by atoms with E-state index in [0.717, 1.165) is 15.9 Å². The molecule has 3 N–H and O–H groups in total. The van der Waals surface area contributed by atoms with Crippen molar-refractivity contribution in [3.05, 3.63) is 60.2 Å². The predicted octanol–water partition coefficient (Wildman–Crippen LogP) is 0.782. The second-order valence-electron chi connectivity index (χ2n) is 7.55. The van der Waals surface area contributed by atoms with Gasteiger partial charge < -0.3 is 20.1 Å². The largest absolute Gasteiger partial charge is 0.419 e. The summed E-state index contributed by atoms with van der Waals surface area (Å²) < 4.78 is 4.73. The van der Waals surface area contributed by atoms with Gasteiger partial charge in [-0.25, -0.2) is 9.69 Å². The van der Waals surface area contributed by atoms with E-state index < -0.39 is 40.8 Å². The Labute approximate surface area is 182 Å². The fraction of sp³-hybridized carbons (Fsp3) is 0.273. The molecule has 2 aromatic carbocycles. The van der Waals surface area contributed by atoms with Crippen LogP contribution < -0.4 is 9.80 Å². The van der Waals surface area contributed by atoms with Crippen molar-refractivity contribution >= 4 is 35.1 Å². The van der Waals surface area contributed by atoms with Gasteiger partial charge in [-0.15, -0.1) is 0 Å². The van der Waals surface area contributed by atoms with Crippen LogP contribution in [0.5, 0.6) is 0 Å². The van der Waals surface area contributed by atoms with E-state index in [1.807, 2.05) is 0 Å². The van der Waals surface area contributed by atoms with Gasteiger partial charge in [-0.05, 0) is 30.7 Å². The van der Waals surface area contributed by atoms with Crippen LogP contribution in [0.25, 0.3) is 0 Å². The third-order valence-electron chi connectivity index (χ3n) is 5.44. The summed E-state index contributed by atoms with van der Waals surface area (Å²) in [5.41, 5.74) is 0.0896. The van der Waals surface area contributed by atoms with E-state index >= 15 is 0 Å². The van der Waals surface area contributed by atoms with Crippen molar-refractivity contribution in [1.29, 1.82) is 0 Å². The van der Waals surface area contributed by atoms with Crippen LogP contribution in [0.2, 0.25) is 0 Å². The molecule has 32 heavy (non-hydrogen) atoms. The number of carbonyl (C=O) groups is 4. The Morgan fingerprint density at radius 3 is 2.31 bits per heavy atom. The minimum absolute atomic E-state index is 0.0931. The summed E-state index contributed by atoms with van der Waals surface area (Å²) in [6.07, 6.45) is -0.365. The maximum Gasteiger partial charge on any atom is 0.336 e. The first-order valence-corrected chi connectivity index (χ1v) is 9.87. The van der Waals surface area contributed by atoms with Crippen molar-refractivity contribution in [2.24, 2.45) is 0 Å². The Balaban J connectivity index is 1.68. The van der Waals surface area contributed by atoms with Crippen LogP contribution in [0.15, 0.2) is 54.6 Å². The first kappa shape index (κ1) is 21.6. The molecule has 0 bridgehead atoms. The Morgan fingerprint density at radius 1 is 0.906 bits per heavy atom. The summed E-state index contributed by atoms with van der Waals surface area (Å²) in [5.74, 6) is -9.04. The number of anilines is 2. The fourth-order valence-corrected chi connectivity index (χ4v) is 3.72. The highest BCUT2D eigenvalue weighted by atomic mass is 16.7. The molecule has 2 saturated heterocycles. The molecule has 0 saturated carbocycles. The maximum absolute atomic E-state index is 12.9. The Bertz CT molecular complexity index is 1100. The summed E-state index contributed by atoms with van der Waals surface area (Å²) in [6.45, 7) is -0.306. The zero-order chi connectivity index (χ0) is 23.1. The van der Waals surface area contributed by atoms with Crippen LogP contribution in [0.4, 0.5) is 16.2 Å². The van der Waals surface area contributed by atoms with E-state index in [4.69, 9.17) is 4.74 Å². The molecule has 1 atom stereocenters. The number of Topliss-reactive ketones (excluding diaryl/α,β-unsaturated/α-hetero) is 1. The number of rotatable bonds is 4. The van der Waals surface area contributed by atoms with Crippen LogP contribution >= 0.6 is 0 Å². The fourth-order valence-electron chi connectivity index (χ4n) is 3.72. The van der Waals surface area contributed by atoms with Crippen LogP contribution in [-0.4, -0.2) is 51.3 Å². The quantitative estimate of drug-likeness (QED) is 0.359. The molecule has 4 rings (SSSR count). The molecule has 2 heterocycles. The Hall–Kier alpha value is -3.60. The summed E-state index contributed by atoms with van der Waals surface area (Å²) in [6, 6.07) is 12.8. The van der Waals surface area contributed by atoms with Crippen molar-refractivity contribution < 1.29 is 39.2 Å². The van der Waals surface area contributed by atoms with Gasteiger partial charge in [-0.3, -0.25) is 19.3 Å². The number of hydrogen-bond acceptors (Lipinski definition) is 8. The molecule has 0 aliphatic carbocycles. The molecule has 10 heteroatoms. The van der Waals surface area contributed by atoms with Crippen LogP contribution in [0.1, 0.15) is 24.8 Å². The first-order valence-electron chi connectivity index (χ1n) is 9.87. The lowest BCUT2D eigenvalue weighted by Gasteiger charge is -2.36. The van der Waals surface area contributed by atoms with Gasteiger partial charge in [0, 0.05) is 24.1 Å². The molecule has 1 unspecified atom stereocenters. The average Bonchev–Trinajstić information content (AvgIpc) is 2.99. The SMILES string of the molecule is O=C1CCCC(=O)C(O)(C(O)(O)c2cccc(N3CC(=O)N(c4ccccc4)C3=O)c2)O1. The number of para-hydroxylation sites is 1. The van der Waals surface area contributed by atoms with E-state index in [-0.39, 0.29) is 31.5 Å². The molecule has 0 aromatic heterocycles. The number of nitrogens with zero attached hydrogens (tertiary/aromatic N) is 2. The van der Waals surface area contributed by atoms with Crippen molar-refractivity contribution in [1.82, 2.24) is 0 Å². The smallest absolute Gasteiger partial charge is 0.336 e. The highest BCUT2D eigenvalue weighted by molar-refractivity contribution is 6.26. The Kier molecular flexibility index (Phi) is 5.29. The topological polar surface area (TPSA) is 145 Å². The van der Waals surface area contributed by atoms with Crippen molar-refractivity contribution in [3.63, 3.8) is 0 Å². The van der Waals surface area contributed by atoms with Crippen molar-refractivity contribution in [2.75, 3.05) is 16.3 Å². The molecule has 0 radical (unpaired) electrons. The second kappa shape index (κ2) is 7.83. The third-order valence-corrected chi connectivity index (χ3v) is 5.44. The third kappa shape index (κ3) is 3.44. The standard InChI is InChI=1S/C22H20N2O8/c25-17-10-5-11-19(27)32-22(17,31)21(29,30)14-6-4-9-16(12-14)23-13-18(26)24(20(23)28)15-7-2-1-3-8-15/h1-4,6-9,12,29-31H,5,10-11,13H2. The van der Waals surface area contributed by atoms with Crippen molar-refractivity contribution in [3.8, 4) is 0 Å². The molecule has 0 spiro atoms. The first-order chi connectivity index (χ1) is 15.1. The van der Waals surface area contributed by atoms with E-state index in [2.05, 4.69) is 0 Å². The van der Waals surface area contributed by atoms with Gasteiger partial charge >= 0.3 is 17.8 Å². The predicted molar refractivity (Wildman–Crippen MR) is 109 cm³/mol. The molecule has 2 aliphatic rings. The number of aliphatic hydroxyl groups is 3. The lowest BCUT2D eigenvalue weighted by Crippen LogP contribution is -2.59. The summed E-state index contributed by atoms with van der Waals surface area (Å²) in [7, 11) is 0. The number of urea groups is 1. The van der Waals surface area contributed by atoms with Crippen LogP contribution in [0, 0.1) is 0 Å². The lowest BCUT2D eigenvalue weighted by molar-refractivity contribution is -0.347. The van der Waals surface area contributed by atoms with E-state index in [1.165, 1.54) is 18.2 Å². The molecule has 3 amide bonds. The molecule has 2 aliphatic heterocycles. The molecular formula is C22H20N2O8. The molecule has 2 fully saturated rings. The number of ether oxygens (including phenoxy) is 1. The minimum Gasteiger partial charge on any atom is -0.419 e. The number of carbonyl (C=O) groups excluding carboxylic acids is 4. The van der Waals surface area contributed by atoms with Gasteiger partial charge in [0.25, 0.3) is 11.7 Å². The number of hydrogen-bond donors (Lipinski definition) is 3. The van der Waals surface area contributed by atoms with E-state index in [0.29, 0.717) is 5.69 Å². The van der Waals surface area contributed by atoms with E-state index in [1.54, 1.807) is 30.3 Å². The summed E-state index contributed by atoms with van der Waals surface area (Å²) in [5, 5.41) is 32.1. The number of esters is 1. The molecule has 10 nitrogen and oxygen atoms in total. The zero-order valence-electron chi connectivity index (χ0n) is 16.8. The monoisotopic (exact) mass is 440 g/mol. The van der Waals surface area contributed by atoms with Crippen LogP contribution in [-0.2, 0) is 24.9 Å². The lowest BCUT2D eigenvalue weighted by atomic mass is 9.91.